The average Bonchev–Trinajstić information content (AvgIpc) is 2.56. The van der Waals surface area contributed by atoms with Crippen LogP contribution in [0.3, 0.4) is 0 Å². The van der Waals surface area contributed by atoms with Crippen LogP contribution in [0.4, 0.5) is 18.9 Å². The number of unbranched alkanes of at least 4 members (excludes halogenated alkanes) is 1. The van der Waals surface area contributed by atoms with E-state index in [0.717, 1.165) is 25.0 Å². The molecule has 140 valence electrons. The van der Waals surface area contributed by atoms with Crippen LogP contribution in [0.25, 0.3) is 0 Å². The molecular formula is C17H21BrF3NO3. The van der Waals surface area contributed by atoms with Crippen molar-refractivity contribution in [2.75, 3.05) is 18.5 Å². The van der Waals surface area contributed by atoms with Crippen molar-refractivity contribution in [3.63, 3.8) is 0 Å². The third-order valence-electron chi connectivity index (χ3n) is 3.95. The van der Waals surface area contributed by atoms with E-state index in [-0.39, 0.29) is 0 Å². The zero-order chi connectivity index (χ0) is 18.6. The van der Waals surface area contributed by atoms with Gasteiger partial charge in [-0.3, -0.25) is 0 Å². The highest BCUT2D eigenvalue weighted by molar-refractivity contribution is 9.09. The second-order valence-corrected chi connectivity index (χ2v) is 6.82. The number of nitrogens with one attached hydrogen (secondary N) is 1. The van der Waals surface area contributed by atoms with Gasteiger partial charge in [0.2, 0.25) is 0 Å². The molecule has 0 spiro atoms. The molecule has 1 aliphatic heterocycles. The molecular weight excluding hydrogens is 403 g/mol. The molecule has 1 aromatic rings. The van der Waals surface area contributed by atoms with Crippen LogP contribution in [0, 0.1) is 0 Å². The number of fused-ring (bicyclic) bond motifs is 1. The van der Waals surface area contributed by atoms with Crippen molar-refractivity contribution in [3.05, 3.63) is 29.3 Å². The molecule has 2 rings (SSSR count). The Balaban J connectivity index is 2.30. The predicted molar refractivity (Wildman–Crippen MR) is 91.8 cm³/mol. The van der Waals surface area contributed by atoms with E-state index < -0.39 is 34.7 Å². The standard InChI is InChI=1S/C17H21BrF3NO3/c1-3-5-8-25-16(23)14-13(18)15(24-4-2)11-9-10(17(19,20)21)6-7-12(11)22-14/h6-7,9,13-15,22H,3-5,8H2,1-2H3. The normalized spacial score (nSPS) is 22.9. The summed E-state index contributed by atoms with van der Waals surface area (Å²) in [6, 6.07) is 2.64. The summed E-state index contributed by atoms with van der Waals surface area (Å²) < 4.78 is 49.9. The summed E-state index contributed by atoms with van der Waals surface area (Å²) in [7, 11) is 0. The molecule has 3 atom stereocenters. The number of carbonyl (C=O) groups excluding carboxylic acids is 1. The number of alkyl halides is 4. The fourth-order valence-corrected chi connectivity index (χ4v) is 3.44. The summed E-state index contributed by atoms with van der Waals surface area (Å²) in [5.41, 5.74) is 0.0668. The van der Waals surface area contributed by atoms with Gasteiger partial charge >= 0.3 is 12.1 Å². The first-order chi connectivity index (χ1) is 11.8. The fourth-order valence-electron chi connectivity index (χ4n) is 2.66. The number of benzene rings is 1. The van der Waals surface area contributed by atoms with Gasteiger partial charge in [0.05, 0.1) is 23.1 Å². The lowest BCUT2D eigenvalue weighted by molar-refractivity contribution is -0.145. The summed E-state index contributed by atoms with van der Waals surface area (Å²) in [5, 5.41) is 2.97. The Kier molecular flexibility index (Phi) is 6.73. The van der Waals surface area contributed by atoms with E-state index in [2.05, 4.69) is 21.2 Å². The lowest BCUT2D eigenvalue weighted by Gasteiger charge is -2.36. The van der Waals surface area contributed by atoms with Gasteiger partial charge in [-0.1, -0.05) is 29.3 Å². The monoisotopic (exact) mass is 423 g/mol. The first kappa shape index (κ1) is 20.0. The molecule has 0 bridgehead atoms. The van der Waals surface area contributed by atoms with Gasteiger partial charge in [0.25, 0.3) is 0 Å². The third-order valence-corrected chi connectivity index (χ3v) is 4.96. The van der Waals surface area contributed by atoms with Crippen LogP contribution in [-0.2, 0) is 20.4 Å². The van der Waals surface area contributed by atoms with Crippen molar-refractivity contribution in [2.24, 2.45) is 0 Å². The van der Waals surface area contributed by atoms with Crippen LogP contribution in [0.1, 0.15) is 43.9 Å². The highest BCUT2D eigenvalue weighted by Crippen LogP contribution is 2.42. The van der Waals surface area contributed by atoms with E-state index in [1.807, 2.05) is 6.92 Å². The van der Waals surface area contributed by atoms with Gasteiger partial charge in [-0.25, -0.2) is 4.79 Å². The molecule has 0 radical (unpaired) electrons. The van der Waals surface area contributed by atoms with E-state index >= 15 is 0 Å². The zero-order valence-electron chi connectivity index (χ0n) is 14.0. The summed E-state index contributed by atoms with van der Waals surface area (Å²) in [6.45, 7) is 4.36. The van der Waals surface area contributed by atoms with Crippen molar-refractivity contribution >= 4 is 27.6 Å². The van der Waals surface area contributed by atoms with Crippen LogP contribution in [-0.4, -0.2) is 30.1 Å². The van der Waals surface area contributed by atoms with Gasteiger partial charge in [0, 0.05) is 17.9 Å². The van der Waals surface area contributed by atoms with Crippen molar-refractivity contribution in [3.8, 4) is 0 Å². The van der Waals surface area contributed by atoms with Gasteiger partial charge < -0.3 is 14.8 Å². The number of rotatable bonds is 6. The minimum absolute atomic E-state index is 0.306. The Hall–Kier alpha value is -1.28. The van der Waals surface area contributed by atoms with Crippen LogP contribution in [0.5, 0.6) is 0 Å². The second kappa shape index (κ2) is 8.40. The molecule has 1 heterocycles. The lowest BCUT2D eigenvalue weighted by atomic mass is 9.93. The molecule has 25 heavy (non-hydrogen) atoms. The molecule has 1 N–H and O–H groups in total. The van der Waals surface area contributed by atoms with E-state index in [1.54, 1.807) is 6.92 Å². The maximum absolute atomic E-state index is 13.0. The third kappa shape index (κ3) is 4.67. The van der Waals surface area contributed by atoms with Crippen molar-refractivity contribution in [2.45, 2.75) is 49.8 Å². The Bertz CT molecular complexity index is 609. The molecule has 8 heteroatoms. The molecule has 0 fully saturated rings. The van der Waals surface area contributed by atoms with E-state index in [9.17, 15) is 18.0 Å². The summed E-state index contributed by atoms with van der Waals surface area (Å²) in [5.74, 6) is -0.453. The fraction of sp³-hybridized carbons (Fsp3) is 0.588. The van der Waals surface area contributed by atoms with Crippen molar-refractivity contribution in [1.82, 2.24) is 0 Å². The van der Waals surface area contributed by atoms with Gasteiger partial charge in [0.15, 0.2) is 0 Å². The maximum atomic E-state index is 13.0. The van der Waals surface area contributed by atoms with E-state index in [4.69, 9.17) is 9.47 Å². The number of esters is 1. The average molecular weight is 424 g/mol. The van der Waals surface area contributed by atoms with Crippen molar-refractivity contribution in [1.29, 1.82) is 0 Å². The van der Waals surface area contributed by atoms with Gasteiger partial charge in [-0.15, -0.1) is 0 Å². The number of ether oxygens (including phenoxy) is 2. The lowest BCUT2D eigenvalue weighted by Crippen LogP contribution is -2.46. The summed E-state index contributed by atoms with van der Waals surface area (Å²) in [4.78, 5) is 11.8. The first-order valence-corrected chi connectivity index (χ1v) is 9.11. The molecule has 4 nitrogen and oxygen atoms in total. The van der Waals surface area contributed by atoms with Gasteiger partial charge in [0.1, 0.15) is 6.04 Å². The van der Waals surface area contributed by atoms with Gasteiger partial charge in [-0.2, -0.15) is 13.2 Å². The second-order valence-electron chi connectivity index (χ2n) is 5.76. The number of anilines is 1. The number of halogens is 4. The molecule has 1 aliphatic rings. The summed E-state index contributed by atoms with van der Waals surface area (Å²) >= 11 is 3.41. The smallest absolute Gasteiger partial charge is 0.416 e. The van der Waals surface area contributed by atoms with E-state index in [0.29, 0.717) is 24.5 Å². The SMILES string of the molecule is CCCCOC(=O)C1Nc2ccc(C(F)(F)F)cc2C(OCC)C1Br. The largest absolute Gasteiger partial charge is 0.464 e. The Morgan fingerprint density at radius 3 is 2.64 bits per heavy atom. The van der Waals surface area contributed by atoms with Gasteiger partial charge in [-0.05, 0) is 31.5 Å². The minimum Gasteiger partial charge on any atom is -0.464 e. The molecule has 0 saturated carbocycles. The highest BCUT2D eigenvalue weighted by Gasteiger charge is 2.42. The molecule has 0 amide bonds. The van der Waals surface area contributed by atoms with Crippen LogP contribution in [0.2, 0.25) is 0 Å². The van der Waals surface area contributed by atoms with Crippen molar-refractivity contribution < 1.29 is 27.4 Å². The van der Waals surface area contributed by atoms with Crippen LogP contribution in [0.15, 0.2) is 18.2 Å². The Labute approximate surface area is 153 Å². The number of carbonyl (C=O) groups is 1. The molecule has 0 aromatic heterocycles. The Morgan fingerprint density at radius 1 is 1.32 bits per heavy atom. The zero-order valence-corrected chi connectivity index (χ0v) is 15.6. The maximum Gasteiger partial charge on any atom is 0.416 e. The highest BCUT2D eigenvalue weighted by atomic mass is 79.9. The number of hydrogen-bond donors (Lipinski definition) is 1. The molecule has 0 saturated heterocycles. The minimum atomic E-state index is -4.44. The molecule has 3 unspecified atom stereocenters. The first-order valence-electron chi connectivity index (χ1n) is 8.19. The van der Waals surface area contributed by atoms with Crippen LogP contribution < -0.4 is 5.32 Å². The molecule has 0 aliphatic carbocycles. The predicted octanol–water partition coefficient (Wildman–Crippen LogP) is 4.68. The van der Waals surface area contributed by atoms with E-state index in [1.165, 1.54) is 6.07 Å². The number of hydrogen-bond acceptors (Lipinski definition) is 4. The van der Waals surface area contributed by atoms with Crippen LogP contribution >= 0.6 is 15.9 Å². The molecule has 1 aromatic carbocycles. The quantitative estimate of drug-likeness (QED) is 0.409. The Morgan fingerprint density at radius 2 is 2.04 bits per heavy atom. The summed E-state index contributed by atoms with van der Waals surface area (Å²) in [6.07, 6.45) is -3.48. The topological polar surface area (TPSA) is 47.6 Å².